The molecule has 3 aromatic rings. The van der Waals surface area contributed by atoms with Crippen molar-refractivity contribution < 1.29 is 14.3 Å². The van der Waals surface area contributed by atoms with Gasteiger partial charge in [-0.05, 0) is 19.1 Å². The molecule has 104 valence electrons. The molecule has 0 amide bonds. The molecule has 0 radical (unpaired) electrons. The van der Waals surface area contributed by atoms with Crippen LogP contribution in [-0.4, -0.2) is 5.97 Å². The number of rotatable bonds is 2. The molecule has 0 aliphatic rings. The number of carboxylic acid groups (broad SMARTS) is 1. The van der Waals surface area contributed by atoms with Gasteiger partial charge in [-0.15, -0.1) is 0 Å². The first-order valence-corrected chi connectivity index (χ1v) is 6.43. The van der Waals surface area contributed by atoms with Crippen molar-refractivity contribution in [1.29, 1.82) is 0 Å². The van der Waals surface area contributed by atoms with Crippen LogP contribution in [0.25, 0.3) is 22.3 Å². The van der Waals surface area contributed by atoms with Gasteiger partial charge in [0.05, 0.1) is 11.4 Å². The third kappa shape index (κ3) is 2.10. The minimum atomic E-state index is -1.37. The molecule has 1 aromatic heterocycles. The van der Waals surface area contributed by atoms with E-state index < -0.39 is 5.97 Å². The van der Waals surface area contributed by atoms with Crippen LogP contribution in [0.5, 0.6) is 0 Å². The summed E-state index contributed by atoms with van der Waals surface area (Å²) < 4.78 is 5.73. The van der Waals surface area contributed by atoms with Crippen molar-refractivity contribution in [3.8, 4) is 11.3 Å². The normalized spacial score (nSPS) is 10.7. The summed E-state index contributed by atoms with van der Waals surface area (Å²) in [7, 11) is 0. The minimum Gasteiger partial charge on any atom is -0.545 e. The van der Waals surface area contributed by atoms with Crippen molar-refractivity contribution in [3.63, 3.8) is 0 Å². The predicted octanol–water partition coefficient (Wildman–Crippen LogP) is 2.13. The standard InChI is InChI=1S/C17H12O4/c1-10-14(18)12-8-5-9-13(17(19)20)16(12)21-15(10)11-6-3-2-4-7-11/h2-9H,1H3,(H,19,20)/p-1. The average molecular weight is 279 g/mol. The molecule has 0 saturated heterocycles. The van der Waals surface area contributed by atoms with Crippen LogP contribution in [-0.2, 0) is 0 Å². The summed E-state index contributed by atoms with van der Waals surface area (Å²) in [6.07, 6.45) is 0. The maximum absolute atomic E-state index is 12.4. The molecular formula is C17H11O4-. The van der Waals surface area contributed by atoms with Gasteiger partial charge in [0.25, 0.3) is 0 Å². The van der Waals surface area contributed by atoms with Crippen molar-refractivity contribution in [2.24, 2.45) is 0 Å². The summed E-state index contributed by atoms with van der Waals surface area (Å²) in [5.74, 6) is -0.992. The Bertz CT molecular complexity index is 892. The van der Waals surface area contributed by atoms with Gasteiger partial charge in [0, 0.05) is 16.7 Å². The summed E-state index contributed by atoms with van der Waals surface area (Å²) >= 11 is 0. The highest BCUT2D eigenvalue weighted by Crippen LogP contribution is 2.26. The summed E-state index contributed by atoms with van der Waals surface area (Å²) in [5.41, 5.74) is 0.860. The van der Waals surface area contributed by atoms with Gasteiger partial charge < -0.3 is 14.3 Å². The average Bonchev–Trinajstić information content (AvgIpc) is 2.51. The quantitative estimate of drug-likeness (QED) is 0.720. The first-order chi connectivity index (χ1) is 10.1. The van der Waals surface area contributed by atoms with E-state index in [0.29, 0.717) is 11.3 Å². The van der Waals surface area contributed by atoms with Gasteiger partial charge in [0.2, 0.25) is 0 Å². The predicted molar refractivity (Wildman–Crippen MR) is 77.0 cm³/mol. The molecule has 1 heterocycles. The number of hydrogen-bond donors (Lipinski definition) is 0. The lowest BCUT2D eigenvalue weighted by atomic mass is 10.0. The molecule has 0 saturated carbocycles. The molecule has 2 aromatic carbocycles. The van der Waals surface area contributed by atoms with E-state index in [4.69, 9.17) is 4.42 Å². The lowest BCUT2D eigenvalue weighted by Gasteiger charge is -2.10. The fourth-order valence-electron chi connectivity index (χ4n) is 2.34. The Balaban J connectivity index is 2.43. The Hall–Kier alpha value is -2.88. The van der Waals surface area contributed by atoms with E-state index in [1.807, 2.05) is 18.2 Å². The molecule has 0 spiro atoms. The zero-order chi connectivity index (χ0) is 15.0. The molecule has 0 atom stereocenters. The second kappa shape index (κ2) is 4.90. The van der Waals surface area contributed by atoms with Crippen LogP contribution in [0.3, 0.4) is 0 Å². The molecular weight excluding hydrogens is 268 g/mol. The highest BCUT2D eigenvalue weighted by atomic mass is 16.4. The van der Waals surface area contributed by atoms with Gasteiger partial charge in [-0.1, -0.05) is 36.4 Å². The van der Waals surface area contributed by atoms with Crippen LogP contribution in [0.2, 0.25) is 0 Å². The highest BCUT2D eigenvalue weighted by molar-refractivity contribution is 6.00. The van der Waals surface area contributed by atoms with E-state index in [-0.39, 0.29) is 22.0 Å². The van der Waals surface area contributed by atoms with Gasteiger partial charge in [0.1, 0.15) is 11.3 Å². The summed E-state index contributed by atoms with van der Waals surface area (Å²) in [5, 5.41) is 11.4. The third-order valence-electron chi connectivity index (χ3n) is 3.40. The van der Waals surface area contributed by atoms with Crippen LogP contribution >= 0.6 is 0 Å². The summed E-state index contributed by atoms with van der Waals surface area (Å²) in [6, 6.07) is 13.5. The van der Waals surface area contributed by atoms with Crippen LogP contribution in [0.1, 0.15) is 15.9 Å². The van der Waals surface area contributed by atoms with Gasteiger partial charge in [-0.3, -0.25) is 4.79 Å². The van der Waals surface area contributed by atoms with Crippen molar-refractivity contribution in [2.75, 3.05) is 0 Å². The van der Waals surface area contributed by atoms with E-state index >= 15 is 0 Å². The van der Waals surface area contributed by atoms with Gasteiger partial charge in [-0.25, -0.2) is 0 Å². The number of para-hydroxylation sites is 1. The maximum atomic E-state index is 12.4. The second-order valence-corrected chi connectivity index (χ2v) is 4.72. The molecule has 0 bridgehead atoms. The summed E-state index contributed by atoms with van der Waals surface area (Å²) in [6.45, 7) is 1.67. The molecule has 0 aliphatic carbocycles. The van der Waals surface area contributed by atoms with E-state index in [2.05, 4.69) is 0 Å². The first-order valence-electron chi connectivity index (χ1n) is 6.43. The van der Waals surface area contributed by atoms with Crippen LogP contribution < -0.4 is 10.5 Å². The lowest BCUT2D eigenvalue weighted by molar-refractivity contribution is -0.254. The number of aromatic carboxylic acids is 1. The van der Waals surface area contributed by atoms with Gasteiger partial charge >= 0.3 is 0 Å². The van der Waals surface area contributed by atoms with E-state index in [1.54, 1.807) is 25.1 Å². The number of fused-ring (bicyclic) bond motifs is 1. The number of carboxylic acids is 1. The van der Waals surface area contributed by atoms with E-state index in [1.165, 1.54) is 12.1 Å². The Kier molecular flexibility index (Phi) is 3.06. The number of benzene rings is 2. The molecule has 3 rings (SSSR count). The SMILES string of the molecule is Cc1c(-c2ccccc2)oc2c(C(=O)[O-])cccc2c1=O. The molecule has 0 N–H and O–H groups in total. The lowest BCUT2D eigenvalue weighted by Crippen LogP contribution is -2.23. The first kappa shape index (κ1) is 13.1. The number of hydrogen-bond acceptors (Lipinski definition) is 4. The maximum Gasteiger partial charge on any atom is 0.196 e. The topological polar surface area (TPSA) is 70.3 Å². The molecule has 4 nitrogen and oxygen atoms in total. The van der Waals surface area contributed by atoms with Crippen molar-refractivity contribution in [1.82, 2.24) is 0 Å². The molecule has 0 fully saturated rings. The zero-order valence-corrected chi connectivity index (χ0v) is 11.3. The molecule has 4 heteroatoms. The van der Waals surface area contributed by atoms with Gasteiger partial charge in [0.15, 0.2) is 5.43 Å². The van der Waals surface area contributed by atoms with Crippen molar-refractivity contribution in [3.05, 3.63) is 69.9 Å². The Morgan fingerprint density at radius 1 is 1.05 bits per heavy atom. The Morgan fingerprint density at radius 3 is 2.43 bits per heavy atom. The smallest absolute Gasteiger partial charge is 0.196 e. The van der Waals surface area contributed by atoms with E-state index in [0.717, 1.165) is 5.56 Å². The largest absolute Gasteiger partial charge is 0.545 e. The highest BCUT2D eigenvalue weighted by Gasteiger charge is 2.14. The Labute approximate surface area is 120 Å². The van der Waals surface area contributed by atoms with Crippen LogP contribution in [0, 0.1) is 6.92 Å². The molecule has 21 heavy (non-hydrogen) atoms. The second-order valence-electron chi connectivity index (χ2n) is 4.72. The van der Waals surface area contributed by atoms with Crippen LogP contribution in [0.4, 0.5) is 0 Å². The Morgan fingerprint density at radius 2 is 1.76 bits per heavy atom. The fraction of sp³-hybridized carbons (Fsp3) is 0.0588. The molecule has 0 unspecified atom stereocenters. The molecule has 0 aliphatic heterocycles. The monoisotopic (exact) mass is 279 g/mol. The van der Waals surface area contributed by atoms with Crippen molar-refractivity contribution in [2.45, 2.75) is 6.92 Å². The number of carbonyl (C=O) groups excluding carboxylic acids is 1. The van der Waals surface area contributed by atoms with Gasteiger partial charge in [-0.2, -0.15) is 0 Å². The van der Waals surface area contributed by atoms with E-state index in [9.17, 15) is 14.7 Å². The van der Waals surface area contributed by atoms with Crippen LogP contribution in [0.15, 0.2) is 57.7 Å². The minimum absolute atomic E-state index is 0.0481. The van der Waals surface area contributed by atoms with Crippen molar-refractivity contribution >= 4 is 16.9 Å². The number of carbonyl (C=O) groups is 1. The third-order valence-corrected chi connectivity index (χ3v) is 3.40. The fourth-order valence-corrected chi connectivity index (χ4v) is 2.34. The zero-order valence-electron chi connectivity index (χ0n) is 11.3. The summed E-state index contributed by atoms with van der Waals surface area (Å²) in [4.78, 5) is 23.6.